The minimum atomic E-state index is -0.525. The Bertz CT molecular complexity index is 155. The number of carbonyl (C=O) groups excluding carboxylic acids is 5. The van der Waals surface area contributed by atoms with Gasteiger partial charge in [-0.25, -0.2) is 0 Å². The summed E-state index contributed by atoms with van der Waals surface area (Å²) in [6.45, 7) is 7.93. The largest absolute Gasteiger partial charge is 0.373 e. The zero-order valence-corrected chi connectivity index (χ0v) is 9.64. The van der Waals surface area contributed by atoms with Gasteiger partial charge in [-0.1, -0.05) is 13.3 Å². The average molecular weight is 234 g/mol. The van der Waals surface area contributed by atoms with Crippen molar-refractivity contribution in [2.75, 3.05) is 7.11 Å². The Hall–Kier alpha value is -1.69. The molecular weight excluding hydrogens is 216 g/mol. The number of aldehydes is 1. The van der Waals surface area contributed by atoms with Crippen molar-refractivity contribution < 1.29 is 28.7 Å². The van der Waals surface area contributed by atoms with Gasteiger partial charge >= 0.3 is 0 Å². The molecule has 1 unspecified atom stereocenters. The summed E-state index contributed by atoms with van der Waals surface area (Å²) in [5.41, 5.74) is 0. The summed E-state index contributed by atoms with van der Waals surface area (Å²) in [5, 5.41) is 0. The minimum Gasteiger partial charge on any atom is -0.373 e. The van der Waals surface area contributed by atoms with E-state index in [1.165, 1.54) is 7.11 Å². The lowest BCUT2D eigenvalue weighted by atomic mass is 10.1. The van der Waals surface area contributed by atoms with Crippen molar-refractivity contribution in [2.45, 2.75) is 25.9 Å². The first-order valence-electron chi connectivity index (χ1n) is 4.14. The van der Waals surface area contributed by atoms with E-state index in [1.807, 2.05) is 27.3 Å². The van der Waals surface area contributed by atoms with Gasteiger partial charge in [-0.3, -0.25) is 9.59 Å². The Kier molecular flexibility index (Phi) is 43.5. The number of ketones is 1. The normalized spacial score (nSPS) is 8.62. The van der Waals surface area contributed by atoms with Crippen molar-refractivity contribution in [3.63, 3.8) is 0 Å². The van der Waals surface area contributed by atoms with Crippen LogP contribution in [0.3, 0.4) is 0 Å². The summed E-state index contributed by atoms with van der Waals surface area (Å²) in [4.78, 5) is 44.6. The molecule has 0 amide bonds. The first-order chi connectivity index (χ1) is 7.76. The molecule has 0 fully saturated rings. The molecule has 0 aromatic heterocycles. The Morgan fingerprint density at radius 1 is 1.19 bits per heavy atom. The molecule has 0 bridgehead atoms. The van der Waals surface area contributed by atoms with E-state index in [0.717, 1.165) is 6.42 Å². The second-order valence-corrected chi connectivity index (χ2v) is 2.03. The maximum absolute atomic E-state index is 10.6. The summed E-state index contributed by atoms with van der Waals surface area (Å²) in [5.74, 6) is -0.468. The summed E-state index contributed by atoms with van der Waals surface area (Å²) in [6, 6.07) is 0. The fourth-order valence-electron chi connectivity index (χ4n) is 0.714. The Morgan fingerprint density at radius 3 is 1.75 bits per heavy atom. The van der Waals surface area contributed by atoms with Crippen LogP contribution in [0.5, 0.6) is 0 Å². The summed E-state index contributed by atoms with van der Waals surface area (Å²) in [7, 11) is 1.43. The second-order valence-electron chi connectivity index (χ2n) is 2.03. The zero-order chi connectivity index (χ0) is 14.0. The lowest BCUT2D eigenvalue weighted by molar-refractivity contribution is -0.137. The van der Waals surface area contributed by atoms with E-state index in [-0.39, 0.29) is 0 Å². The molecule has 0 heterocycles. The molecule has 0 N–H and O–H groups in total. The Labute approximate surface area is 95.0 Å². The van der Waals surface area contributed by atoms with E-state index in [0.29, 0.717) is 12.7 Å². The topological polar surface area (TPSA) is 94.6 Å². The van der Waals surface area contributed by atoms with E-state index in [2.05, 4.69) is 0 Å². The van der Waals surface area contributed by atoms with Crippen molar-refractivity contribution >= 4 is 32.4 Å². The van der Waals surface area contributed by atoms with Gasteiger partial charge in [0.25, 0.3) is 0 Å². The maximum Gasteiger partial charge on any atom is 0.223 e. The van der Waals surface area contributed by atoms with Crippen molar-refractivity contribution in [3.8, 4) is 0 Å². The fourth-order valence-corrected chi connectivity index (χ4v) is 0.714. The lowest BCUT2D eigenvalue weighted by Crippen LogP contribution is -2.23. The SMILES string of the molecule is C=O.C=O.C=O.CCCC(OC)C(=O)C=O. The zero-order valence-electron chi connectivity index (χ0n) is 9.64. The molecule has 0 radical (unpaired) electrons. The fraction of sp³-hybridized carbons (Fsp3) is 0.500. The van der Waals surface area contributed by atoms with Crippen LogP contribution in [0.25, 0.3) is 0 Å². The molecular formula is C10H18O6. The monoisotopic (exact) mass is 234 g/mol. The van der Waals surface area contributed by atoms with Gasteiger partial charge in [0.15, 0.2) is 6.29 Å². The minimum absolute atomic E-state index is 0.309. The van der Waals surface area contributed by atoms with E-state index < -0.39 is 11.9 Å². The summed E-state index contributed by atoms with van der Waals surface area (Å²) >= 11 is 0. The van der Waals surface area contributed by atoms with E-state index >= 15 is 0 Å². The van der Waals surface area contributed by atoms with Gasteiger partial charge in [-0.2, -0.15) is 0 Å². The summed E-state index contributed by atoms with van der Waals surface area (Å²) < 4.78 is 4.76. The number of methoxy groups -OCH3 is 1. The van der Waals surface area contributed by atoms with Crippen molar-refractivity contribution in [1.82, 2.24) is 0 Å². The third-order valence-corrected chi connectivity index (χ3v) is 1.27. The van der Waals surface area contributed by atoms with E-state index in [9.17, 15) is 9.59 Å². The highest BCUT2D eigenvalue weighted by Gasteiger charge is 2.14. The molecule has 0 aliphatic rings. The van der Waals surface area contributed by atoms with E-state index in [1.54, 1.807) is 0 Å². The van der Waals surface area contributed by atoms with Crippen molar-refractivity contribution in [3.05, 3.63) is 0 Å². The van der Waals surface area contributed by atoms with Crippen molar-refractivity contribution in [1.29, 1.82) is 0 Å². The Morgan fingerprint density at radius 2 is 1.56 bits per heavy atom. The first kappa shape index (κ1) is 23.8. The lowest BCUT2D eigenvalue weighted by Gasteiger charge is -2.07. The van der Waals surface area contributed by atoms with Gasteiger partial charge in [-0.15, -0.1) is 0 Å². The Balaban J connectivity index is -0.000000103. The molecule has 6 nitrogen and oxygen atoms in total. The predicted molar refractivity (Wildman–Crippen MR) is 58.1 cm³/mol. The maximum atomic E-state index is 10.6. The van der Waals surface area contributed by atoms with Gasteiger partial charge in [0.1, 0.15) is 26.5 Å². The summed E-state index contributed by atoms with van der Waals surface area (Å²) in [6.07, 6.45) is 1.25. The van der Waals surface area contributed by atoms with Crippen LogP contribution in [-0.4, -0.2) is 45.7 Å². The molecule has 0 aliphatic heterocycles. The number of rotatable bonds is 5. The number of hydrogen-bond acceptors (Lipinski definition) is 6. The van der Waals surface area contributed by atoms with Crippen LogP contribution in [0.15, 0.2) is 0 Å². The highest BCUT2D eigenvalue weighted by atomic mass is 16.5. The van der Waals surface area contributed by atoms with Gasteiger partial charge in [0.05, 0.1) is 0 Å². The average Bonchev–Trinajstić information content (AvgIpc) is 2.42. The van der Waals surface area contributed by atoms with Crippen molar-refractivity contribution in [2.24, 2.45) is 0 Å². The van der Waals surface area contributed by atoms with Crippen LogP contribution < -0.4 is 0 Å². The molecule has 0 spiro atoms. The second kappa shape index (κ2) is 29.2. The van der Waals surface area contributed by atoms with Gasteiger partial charge < -0.3 is 19.1 Å². The molecule has 0 aromatic carbocycles. The molecule has 94 valence electrons. The quantitative estimate of drug-likeness (QED) is 0.491. The highest BCUT2D eigenvalue weighted by molar-refractivity contribution is 6.27. The molecule has 16 heavy (non-hydrogen) atoms. The molecule has 0 saturated carbocycles. The van der Waals surface area contributed by atoms with Crippen LogP contribution in [0.2, 0.25) is 0 Å². The molecule has 6 heteroatoms. The van der Waals surface area contributed by atoms with E-state index in [4.69, 9.17) is 19.1 Å². The van der Waals surface area contributed by atoms with Gasteiger partial charge in [0, 0.05) is 7.11 Å². The first-order valence-corrected chi connectivity index (χ1v) is 4.14. The number of hydrogen-bond donors (Lipinski definition) is 0. The third-order valence-electron chi connectivity index (χ3n) is 1.27. The third kappa shape index (κ3) is 18.2. The van der Waals surface area contributed by atoms with Crippen LogP contribution in [0.1, 0.15) is 19.8 Å². The van der Waals surface area contributed by atoms with Crippen LogP contribution >= 0.6 is 0 Å². The predicted octanol–water partition coefficient (Wildman–Crippen LogP) is 0.0148. The molecule has 1 atom stereocenters. The van der Waals surface area contributed by atoms with Crippen LogP contribution in [0.4, 0.5) is 0 Å². The highest BCUT2D eigenvalue weighted by Crippen LogP contribution is 2.00. The number of ether oxygens (including phenoxy) is 1. The van der Waals surface area contributed by atoms with Gasteiger partial charge in [-0.05, 0) is 6.42 Å². The molecule has 0 aromatic rings. The number of Topliss-reactive ketones (excluding diaryl/α,β-unsaturated/α-hetero) is 1. The molecule has 0 rings (SSSR count). The molecule has 0 aliphatic carbocycles. The number of carbonyl (C=O) groups is 5. The van der Waals surface area contributed by atoms with Gasteiger partial charge in [0.2, 0.25) is 5.78 Å². The smallest absolute Gasteiger partial charge is 0.223 e. The standard InChI is InChI=1S/C7H12O3.3CH2O/c1-3-4-7(10-2)6(9)5-8;3*1-2/h5,7H,3-4H2,1-2H3;3*1H2. The van der Waals surface area contributed by atoms with Crippen LogP contribution in [-0.2, 0) is 28.7 Å². The molecule has 0 saturated heterocycles. The van der Waals surface area contributed by atoms with Crippen LogP contribution in [0, 0.1) is 0 Å².